The molecule has 6 heteroatoms. The minimum atomic E-state index is -2.94. The van der Waals surface area contributed by atoms with Crippen LogP contribution in [0.1, 0.15) is 18.4 Å². The number of nitrogens with zero attached hydrogens (tertiary/aromatic N) is 1. The molecule has 0 saturated heterocycles. The SMILES string of the molecule is CC(C(=O)NCCN(C)CCS(C)(=O)=O)c1ccccc1. The first kappa shape index (κ1) is 17.7. The molecule has 0 fully saturated rings. The van der Waals surface area contributed by atoms with Gasteiger partial charge < -0.3 is 10.2 Å². The van der Waals surface area contributed by atoms with Crippen LogP contribution in [-0.2, 0) is 14.6 Å². The van der Waals surface area contributed by atoms with Crippen LogP contribution in [0.25, 0.3) is 0 Å². The van der Waals surface area contributed by atoms with Crippen LogP contribution in [-0.4, -0.2) is 57.9 Å². The third-order valence-electron chi connectivity index (χ3n) is 3.33. The molecule has 0 saturated carbocycles. The van der Waals surface area contributed by atoms with Crippen LogP contribution in [0.4, 0.5) is 0 Å². The van der Waals surface area contributed by atoms with Crippen molar-refractivity contribution < 1.29 is 13.2 Å². The molecule has 1 unspecified atom stereocenters. The van der Waals surface area contributed by atoms with Crippen molar-refractivity contribution in [2.24, 2.45) is 0 Å². The van der Waals surface area contributed by atoms with Crippen molar-refractivity contribution in [3.05, 3.63) is 35.9 Å². The van der Waals surface area contributed by atoms with Gasteiger partial charge in [0, 0.05) is 25.9 Å². The van der Waals surface area contributed by atoms with Gasteiger partial charge >= 0.3 is 0 Å². The van der Waals surface area contributed by atoms with Crippen LogP contribution in [0.15, 0.2) is 30.3 Å². The number of likely N-dealkylation sites (N-methyl/N-ethyl adjacent to an activating group) is 1. The Morgan fingerprint density at radius 1 is 1.24 bits per heavy atom. The molecular formula is C15H24N2O3S. The zero-order valence-electron chi connectivity index (χ0n) is 12.9. The number of carbonyl (C=O) groups is 1. The first-order valence-electron chi connectivity index (χ1n) is 6.98. The number of sulfone groups is 1. The highest BCUT2D eigenvalue weighted by molar-refractivity contribution is 7.90. The molecule has 0 bridgehead atoms. The molecule has 5 nitrogen and oxygen atoms in total. The molecule has 0 aliphatic carbocycles. The molecule has 118 valence electrons. The van der Waals surface area contributed by atoms with Gasteiger partial charge in [0.2, 0.25) is 5.91 Å². The summed E-state index contributed by atoms with van der Waals surface area (Å²) in [7, 11) is -1.09. The fourth-order valence-electron chi connectivity index (χ4n) is 1.85. The van der Waals surface area contributed by atoms with Crippen molar-refractivity contribution >= 4 is 15.7 Å². The molecule has 0 radical (unpaired) electrons. The molecule has 0 heterocycles. The van der Waals surface area contributed by atoms with E-state index in [4.69, 9.17) is 0 Å². The Bertz CT molecular complexity index is 543. The maximum Gasteiger partial charge on any atom is 0.227 e. The molecule has 0 spiro atoms. The lowest BCUT2D eigenvalue weighted by Crippen LogP contribution is -2.36. The summed E-state index contributed by atoms with van der Waals surface area (Å²) in [5.41, 5.74) is 0.987. The predicted octanol–water partition coefficient (Wildman–Crippen LogP) is 0.883. The van der Waals surface area contributed by atoms with Gasteiger partial charge in [0.1, 0.15) is 9.84 Å². The number of hydrogen-bond donors (Lipinski definition) is 1. The number of amides is 1. The molecule has 21 heavy (non-hydrogen) atoms. The Morgan fingerprint density at radius 3 is 2.43 bits per heavy atom. The van der Waals surface area contributed by atoms with Gasteiger partial charge in [0.05, 0.1) is 11.7 Å². The van der Waals surface area contributed by atoms with Gasteiger partial charge in [0.15, 0.2) is 0 Å². The van der Waals surface area contributed by atoms with E-state index in [2.05, 4.69) is 5.32 Å². The summed E-state index contributed by atoms with van der Waals surface area (Å²) in [5.74, 6) is -0.0667. The van der Waals surface area contributed by atoms with Gasteiger partial charge in [0.25, 0.3) is 0 Å². The standard InChI is InChI=1S/C15H24N2O3S/c1-13(14-7-5-4-6-8-14)15(18)16-9-10-17(2)11-12-21(3,19)20/h4-8,13H,9-12H2,1-3H3,(H,16,18). The fraction of sp³-hybridized carbons (Fsp3) is 0.533. The Hall–Kier alpha value is -1.40. The van der Waals surface area contributed by atoms with E-state index in [0.29, 0.717) is 19.6 Å². The Morgan fingerprint density at radius 2 is 1.86 bits per heavy atom. The summed E-state index contributed by atoms with van der Waals surface area (Å²) >= 11 is 0. The topological polar surface area (TPSA) is 66.5 Å². The van der Waals surface area contributed by atoms with E-state index in [1.807, 2.05) is 49.2 Å². The van der Waals surface area contributed by atoms with Crippen LogP contribution < -0.4 is 5.32 Å². The summed E-state index contributed by atoms with van der Waals surface area (Å²) in [6.45, 7) is 3.49. The van der Waals surface area contributed by atoms with Gasteiger partial charge in [-0.1, -0.05) is 30.3 Å². The number of nitrogens with one attached hydrogen (secondary N) is 1. The van der Waals surface area contributed by atoms with E-state index in [1.165, 1.54) is 6.26 Å². The molecule has 1 aromatic carbocycles. The first-order chi connectivity index (χ1) is 9.79. The summed E-state index contributed by atoms with van der Waals surface area (Å²) < 4.78 is 22.1. The average molecular weight is 312 g/mol. The second-order valence-electron chi connectivity index (χ2n) is 5.36. The normalized spacial score (nSPS) is 13.1. The van der Waals surface area contributed by atoms with E-state index in [0.717, 1.165) is 5.56 Å². The van der Waals surface area contributed by atoms with Gasteiger partial charge in [-0.05, 0) is 19.5 Å². The Kier molecular flexibility index (Phi) is 6.84. The first-order valence-corrected chi connectivity index (χ1v) is 9.04. The molecule has 0 aliphatic rings. The minimum Gasteiger partial charge on any atom is -0.354 e. The zero-order valence-corrected chi connectivity index (χ0v) is 13.7. The number of hydrogen-bond acceptors (Lipinski definition) is 4. The summed E-state index contributed by atoms with van der Waals surface area (Å²) in [6.07, 6.45) is 1.23. The average Bonchev–Trinajstić information content (AvgIpc) is 2.44. The summed E-state index contributed by atoms with van der Waals surface area (Å²) in [5, 5.41) is 2.88. The van der Waals surface area contributed by atoms with Crippen LogP contribution in [0.2, 0.25) is 0 Å². The van der Waals surface area contributed by atoms with Crippen molar-refractivity contribution in [3.63, 3.8) is 0 Å². The molecular weight excluding hydrogens is 288 g/mol. The Balaban J connectivity index is 2.30. The highest BCUT2D eigenvalue weighted by Gasteiger charge is 2.14. The summed E-state index contributed by atoms with van der Waals surface area (Å²) in [4.78, 5) is 13.9. The highest BCUT2D eigenvalue weighted by Crippen LogP contribution is 2.13. The predicted molar refractivity (Wildman–Crippen MR) is 85.1 cm³/mol. The van der Waals surface area contributed by atoms with E-state index >= 15 is 0 Å². The van der Waals surface area contributed by atoms with E-state index in [9.17, 15) is 13.2 Å². The smallest absolute Gasteiger partial charge is 0.227 e. The number of rotatable bonds is 8. The lowest BCUT2D eigenvalue weighted by atomic mass is 10.0. The van der Waals surface area contributed by atoms with Crippen LogP contribution in [0, 0.1) is 0 Å². The molecule has 1 rings (SSSR count). The molecule has 1 amide bonds. The largest absolute Gasteiger partial charge is 0.354 e. The molecule has 0 aromatic heterocycles. The van der Waals surface area contributed by atoms with Crippen molar-refractivity contribution in [2.75, 3.05) is 38.7 Å². The quantitative estimate of drug-likeness (QED) is 0.774. The third-order valence-corrected chi connectivity index (χ3v) is 4.25. The lowest BCUT2D eigenvalue weighted by molar-refractivity contribution is -0.122. The lowest BCUT2D eigenvalue weighted by Gasteiger charge is -2.17. The van der Waals surface area contributed by atoms with E-state index in [-0.39, 0.29) is 17.6 Å². The Labute approximate surface area is 127 Å². The van der Waals surface area contributed by atoms with Gasteiger partial charge in [-0.2, -0.15) is 0 Å². The van der Waals surface area contributed by atoms with Crippen molar-refractivity contribution in [1.82, 2.24) is 10.2 Å². The maximum absolute atomic E-state index is 12.0. The maximum atomic E-state index is 12.0. The minimum absolute atomic E-state index is 0.0160. The molecule has 1 N–H and O–H groups in total. The summed E-state index contributed by atoms with van der Waals surface area (Å²) in [6, 6.07) is 9.62. The zero-order chi connectivity index (χ0) is 15.9. The molecule has 1 atom stereocenters. The van der Waals surface area contributed by atoms with Gasteiger partial charge in [-0.15, -0.1) is 0 Å². The van der Waals surface area contributed by atoms with E-state index < -0.39 is 9.84 Å². The van der Waals surface area contributed by atoms with Crippen LogP contribution in [0.5, 0.6) is 0 Å². The molecule has 0 aliphatic heterocycles. The number of carbonyl (C=O) groups excluding carboxylic acids is 1. The van der Waals surface area contributed by atoms with E-state index in [1.54, 1.807) is 0 Å². The van der Waals surface area contributed by atoms with Crippen LogP contribution >= 0.6 is 0 Å². The van der Waals surface area contributed by atoms with Gasteiger partial charge in [-0.3, -0.25) is 4.79 Å². The van der Waals surface area contributed by atoms with Crippen LogP contribution in [0.3, 0.4) is 0 Å². The second kappa shape index (κ2) is 8.14. The third kappa shape index (κ3) is 7.24. The van der Waals surface area contributed by atoms with Crippen molar-refractivity contribution in [1.29, 1.82) is 0 Å². The van der Waals surface area contributed by atoms with Gasteiger partial charge in [-0.25, -0.2) is 8.42 Å². The highest BCUT2D eigenvalue weighted by atomic mass is 32.2. The van der Waals surface area contributed by atoms with Crippen molar-refractivity contribution in [2.45, 2.75) is 12.8 Å². The fourth-order valence-corrected chi connectivity index (χ4v) is 2.49. The second-order valence-corrected chi connectivity index (χ2v) is 7.62. The van der Waals surface area contributed by atoms with Crippen molar-refractivity contribution in [3.8, 4) is 0 Å². The monoisotopic (exact) mass is 312 g/mol. The number of benzene rings is 1. The molecule has 1 aromatic rings.